The van der Waals surface area contributed by atoms with Gasteiger partial charge in [-0.1, -0.05) is 18.2 Å². The smallest absolute Gasteiger partial charge is 0.106 e. The van der Waals surface area contributed by atoms with Gasteiger partial charge in [0.25, 0.3) is 0 Å². The van der Waals surface area contributed by atoms with Gasteiger partial charge in [0, 0.05) is 10.3 Å². The Morgan fingerprint density at radius 3 is 2.75 bits per heavy atom. The van der Waals surface area contributed by atoms with Gasteiger partial charge in [0.1, 0.15) is 6.10 Å². The van der Waals surface area contributed by atoms with Gasteiger partial charge in [-0.15, -0.1) is 11.3 Å². The summed E-state index contributed by atoms with van der Waals surface area (Å²) in [5.74, 6) is 0.570. The zero-order chi connectivity index (χ0) is 11.5. The zero-order valence-corrected chi connectivity index (χ0v) is 10.4. The average Bonchev–Trinajstić information content (AvgIpc) is 2.72. The van der Waals surface area contributed by atoms with E-state index in [-0.39, 0.29) is 0 Å². The van der Waals surface area contributed by atoms with Crippen molar-refractivity contribution in [1.29, 1.82) is 0 Å². The molecular weight excluding hydrogens is 240 g/mol. The maximum atomic E-state index is 10.0. The molecule has 0 aliphatic rings. The van der Waals surface area contributed by atoms with E-state index in [2.05, 4.69) is 12.6 Å². The molecule has 1 heterocycles. The molecule has 1 aromatic carbocycles. The second kappa shape index (κ2) is 5.19. The van der Waals surface area contributed by atoms with Gasteiger partial charge in [-0.2, -0.15) is 12.6 Å². The maximum absolute atomic E-state index is 10.0. The summed E-state index contributed by atoms with van der Waals surface area (Å²) in [4.78, 5) is 0. The number of fused-ring (bicyclic) bond motifs is 1. The van der Waals surface area contributed by atoms with E-state index in [9.17, 15) is 10.2 Å². The van der Waals surface area contributed by atoms with Crippen LogP contribution in [0.4, 0.5) is 0 Å². The highest BCUT2D eigenvalue weighted by molar-refractivity contribution is 7.80. The SMILES string of the molecule is OC(CCS)C(O)c1csc2ccccc12. The first kappa shape index (κ1) is 11.9. The molecule has 86 valence electrons. The molecule has 2 N–H and O–H groups in total. The van der Waals surface area contributed by atoms with Gasteiger partial charge in [-0.3, -0.25) is 0 Å². The number of thiophene rings is 1. The minimum absolute atomic E-state index is 0.494. The number of benzene rings is 1. The highest BCUT2D eigenvalue weighted by Crippen LogP contribution is 2.32. The Balaban J connectivity index is 2.32. The predicted octanol–water partition coefficient (Wildman–Crippen LogP) is 2.62. The Labute approximate surface area is 104 Å². The van der Waals surface area contributed by atoms with Crippen molar-refractivity contribution in [2.75, 3.05) is 5.75 Å². The second-order valence-electron chi connectivity index (χ2n) is 3.71. The van der Waals surface area contributed by atoms with Gasteiger partial charge in [0.05, 0.1) is 6.10 Å². The fourth-order valence-electron chi connectivity index (χ4n) is 1.72. The highest BCUT2D eigenvalue weighted by atomic mass is 32.1. The molecular formula is C12H14O2S2. The largest absolute Gasteiger partial charge is 0.390 e. The Morgan fingerprint density at radius 1 is 1.25 bits per heavy atom. The minimum Gasteiger partial charge on any atom is -0.390 e. The van der Waals surface area contributed by atoms with Crippen LogP contribution in [0, 0.1) is 0 Å². The first-order chi connectivity index (χ1) is 7.74. The standard InChI is InChI=1S/C12H14O2S2/c13-10(5-6-15)12(14)9-7-16-11-4-2-1-3-8(9)11/h1-4,7,10,12-15H,5-6H2. The molecule has 2 unspecified atom stereocenters. The number of hydrogen-bond donors (Lipinski definition) is 3. The van der Waals surface area contributed by atoms with E-state index in [4.69, 9.17) is 0 Å². The van der Waals surface area contributed by atoms with Crippen molar-refractivity contribution in [3.63, 3.8) is 0 Å². The number of aliphatic hydroxyl groups excluding tert-OH is 2. The number of aliphatic hydroxyl groups is 2. The number of hydrogen-bond acceptors (Lipinski definition) is 4. The van der Waals surface area contributed by atoms with Gasteiger partial charge < -0.3 is 10.2 Å². The lowest BCUT2D eigenvalue weighted by Gasteiger charge is -2.16. The van der Waals surface area contributed by atoms with E-state index in [1.54, 1.807) is 11.3 Å². The summed E-state index contributed by atoms with van der Waals surface area (Å²) in [6.45, 7) is 0. The molecule has 4 heteroatoms. The van der Waals surface area contributed by atoms with Gasteiger partial charge in [0.2, 0.25) is 0 Å². The van der Waals surface area contributed by atoms with E-state index in [0.717, 1.165) is 15.6 Å². The lowest BCUT2D eigenvalue weighted by Crippen LogP contribution is -2.18. The lowest BCUT2D eigenvalue weighted by atomic mass is 10.0. The first-order valence-corrected chi connectivity index (χ1v) is 6.68. The quantitative estimate of drug-likeness (QED) is 0.734. The average molecular weight is 254 g/mol. The zero-order valence-electron chi connectivity index (χ0n) is 8.71. The molecule has 0 aliphatic heterocycles. The molecule has 2 atom stereocenters. The molecule has 1 aromatic heterocycles. The van der Waals surface area contributed by atoms with E-state index in [0.29, 0.717) is 12.2 Å². The normalized spacial score (nSPS) is 15.2. The van der Waals surface area contributed by atoms with Gasteiger partial charge >= 0.3 is 0 Å². The van der Waals surface area contributed by atoms with Crippen molar-refractivity contribution in [2.45, 2.75) is 18.6 Å². The molecule has 16 heavy (non-hydrogen) atoms. The van der Waals surface area contributed by atoms with Crippen molar-refractivity contribution < 1.29 is 10.2 Å². The number of rotatable bonds is 4. The van der Waals surface area contributed by atoms with Crippen LogP contribution >= 0.6 is 24.0 Å². The second-order valence-corrected chi connectivity index (χ2v) is 5.07. The van der Waals surface area contributed by atoms with E-state index in [1.807, 2.05) is 29.6 Å². The van der Waals surface area contributed by atoms with Crippen LogP contribution < -0.4 is 0 Å². The third-order valence-electron chi connectivity index (χ3n) is 2.62. The minimum atomic E-state index is -0.816. The van der Waals surface area contributed by atoms with Crippen molar-refractivity contribution >= 4 is 34.1 Å². The van der Waals surface area contributed by atoms with Crippen molar-refractivity contribution in [2.24, 2.45) is 0 Å². The van der Waals surface area contributed by atoms with Gasteiger partial charge in [-0.25, -0.2) is 0 Å². The van der Waals surface area contributed by atoms with Crippen LogP contribution in [0.2, 0.25) is 0 Å². The van der Waals surface area contributed by atoms with Crippen LogP contribution in [0.25, 0.3) is 10.1 Å². The molecule has 0 aliphatic carbocycles. The monoisotopic (exact) mass is 254 g/mol. The lowest BCUT2D eigenvalue weighted by molar-refractivity contribution is 0.0183. The third-order valence-corrected chi connectivity index (χ3v) is 3.86. The molecule has 2 aromatic rings. The Kier molecular flexibility index (Phi) is 3.86. The summed E-state index contributed by atoms with van der Waals surface area (Å²) in [5, 5.41) is 22.7. The summed E-state index contributed by atoms with van der Waals surface area (Å²) in [6.07, 6.45) is -1.06. The summed E-state index contributed by atoms with van der Waals surface area (Å²) in [5.41, 5.74) is 0.815. The maximum Gasteiger partial charge on any atom is 0.106 e. The molecule has 0 saturated carbocycles. The highest BCUT2D eigenvalue weighted by Gasteiger charge is 2.20. The van der Waals surface area contributed by atoms with Crippen LogP contribution in [0.1, 0.15) is 18.1 Å². The van der Waals surface area contributed by atoms with Crippen LogP contribution in [0.15, 0.2) is 29.6 Å². The molecule has 0 amide bonds. The summed E-state index contributed by atoms with van der Waals surface area (Å²) in [6, 6.07) is 7.90. The van der Waals surface area contributed by atoms with Crippen LogP contribution in [-0.2, 0) is 0 Å². The third kappa shape index (κ3) is 2.25. The fraction of sp³-hybridized carbons (Fsp3) is 0.333. The molecule has 0 spiro atoms. The molecule has 0 saturated heterocycles. The molecule has 0 bridgehead atoms. The van der Waals surface area contributed by atoms with Crippen molar-refractivity contribution in [3.8, 4) is 0 Å². The summed E-state index contributed by atoms with van der Waals surface area (Å²) >= 11 is 5.64. The van der Waals surface area contributed by atoms with E-state index < -0.39 is 12.2 Å². The Morgan fingerprint density at radius 2 is 2.00 bits per heavy atom. The van der Waals surface area contributed by atoms with E-state index >= 15 is 0 Å². The van der Waals surface area contributed by atoms with E-state index in [1.165, 1.54) is 0 Å². The fourth-order valence-corrected chi connectivity index (χ4v) is 2.98. The van der Waals surface area contributed by atoms with Crippen LogP contribution in [-0.4, -0.2) is 22.1 Å². The summed E-state index contributed by atoms with van der Waals surface area (Å²) in [7, 11) is 0. The molecule has 2 nitrogen and oxygen atoms in total. The number of thiol groups is 1. The molecule has 0 radical (unpaired) electrons. The topological polar surface area (TPSA) is 40.5 Å². The van der Waals surface area contributed by atoms with Crippen LogP contribution in [0.3, 0.4) is 0 Å². The summed E-state index contributed by atoms with van der Waals surface area (Å²) < 4.78 is 1.13. The van der Waals surface area contributed by atoms with Gasteiger partial charge in [-0.05, 0) is 29.0 Å². The van der Waals surface area contributed by atoms with Crippen LogP contribution in [0.5, 0.6) is 0 Å². The van der Waals surface area contributed by atoms with Crippen molar-refractivity contribution in [1.82, 2.24) is 0 Å². The Bertz CT molecular complexity index is 467. The molecule has 2 rings (SSSR count). The Hall–Kier alpha value is -0.550. The predicted molar refractivity (Wildman–Crippen MR) is 71.3 cm³/mol. The first-order valence-electron chi connectivity index (χ1n) is 5.17. The molecule has 0 fully saturated rings. The van der Waals surface area contributed by atoms with Crippen molar-refractivity contribution in [3.05, 3.63) is 35.2 Å². The van der Waals surface area contributed by atoms with Gasteiger partial charge in [0.15, 0.2) is 0 Å².